The summed E-state index contributed by atoms with van der Waals surface area (Å²) in [5.74, 6) is 0.840. The van der Waals surface area contributed by atoms with Gasteiger partial charge in [-0.2, -0.15) is 0 Å². The fourth-order valence-electron chi connectivity index (χ4n) is 3.06. The maximum Gasteiger partial charge on any atom is 0.273 e. The van der Waals surface area contributed by atoms with Crippen molar-refractivity contribution in [3.63, 3.8) is 0 Å². The zero-order valence-corrected chi connectivity index (χ0v) is 17.3. The summed E-state index contributed by atoms with van der Waals surface area (Å²) in [6.07, 6.45) is 0. The first-order chi connectivity index (χ1) is 14.6. The van der Waals surface area contributed by atoms with Gasteiger partial charge >= 0.3 is 0 Å². The second-order valence-corrected chi connectivity index (χ2v) is 6.64. The molecule has 0 fully saturated rings. The fourth-order valence-corrected chi connectivity index (χ4v) is 3.06. The predicted molar refractivity (Wildman–Crippen MR) is 119 cm³/mol. The van der Waals surface area contributed by atoms with E-state index in [0.29, 0.717) is 17.1 Å². The second-order valence-electron chi connectivity index (χ2n) is 6.64. The molecule has 0 saturated heterocycles. The highest BCUT2D eigenvalue weighted by atomic mass is 16.6. The lowest BCUT2D eigenvalue weighted by Crippen LogP contribution is -2.28. The molecule has 0 aliphatic heterocycles. The van der Waals surface area contributed by atoms with Gasteiger partial charge in [-0.25, -0.2) is 0 Å². The van der Waals surface area contributed by atoms with Crippen LogP contribution in [0.2, 0.25) is 0 Å². The van der Waals surface area contributed by atoms with Gasteiger partial charge in [-0.1, -0.05) is 47.6 Å². The number of hydrogen-bond acceptors (Lipinski definition) is 5. The van der Waals surface area contributed by atoms with Gasteiger partial charge in [0.1, 0.15) is 18.6 Å². The van der Waals surface area contributed by atoms with Crippen molar-refractivity contribution in [2.75, 3.05) is 26.1 Å². The van der Waals surface area contributed by atoms with E-state index in [9.17, 15) is 4.79 Å². The summed E-state index contributed by atoms with van der Waals surface area (Å²) in [4.78, 5) is 19.3. The minimum atomic E-state index is -0.355. The average Bonchev–Trinajstić information content (AvgIpc) is 2.78. The molecule has 1 amide bonds. The molecule has 0 saturated carbocycles. The summed E-state index contributed by atoms with van der Waals surface area (Å²) in [6.45, 7) is 0.734. The van der Waals surface area contributed by atoms with Crippen LogP contribution in [0.5, 0.6) is 11.5 Å². The number of carbonyl (C=O) groups excluding carboxylic acids is 1. The number of amides is 1. The quantitative estimate of drug-likeness (QED) is 0.452. The summed E-state index contributed by atoms with van der Waals surface area (Å²) in [6, 6.07) is 25.3. The van der Waals surface area contributed by atoms with Crippen molar-refractivity contribution in [1.29, 1.82) is 0 Å². The number of nitrogens with one attached hydrogen (secondary N) is 1. The number of nitrogens with zero attached hydrogens (tertiary/aromatic N) is 2. The molecule has 0 aromatic heterocycles. The van der Waals surface area contributed by atoms with Crippen molar-refractivity contribution in [2.45, 2.75) is 6.54 Å². The molecule has 30 heavy (non-hydrogen) atoms. The van der Waals surface area contributed by atoms with Gasteiger partial charge in [0, 0.05) is 26.3 Å². The Morgan fingerprint density at radius 1 is 1.00 bits per heavy atom. The third-order valence-electron chi connectivity index (χ3n) is 4.51. The minimum absolute atomic E-state index is 0.149. The molecular formula is C24H25N3O3. The number of oxime groups is 1. The van der Waals surface area contributed by atoms with Crippen molar-refractivity contribution < 1.29 is 14.4 Å². The maximum absolute atomic E-state index is 12.2. The fraction of sp³-hybridized carbons (Fsp3) is 0.167. The summed E-state index contributed by atoms with van der Waals surface area (Å²) in [5, 5.41) is 6.45. The Labute approximate surface area is 176 Å². The number of hydrogen-bond donors (Lipinski definition) is 1. The van der Waals surface area contributed by atoms with Gasteiger partial charge in [0.2, 0.25) is 0 Å². The molecule has 6 nitrogen and oxygen atoms in total. The summed E-state index contributed by atoms with van der Waals surface area (Å²) < 4.78 is 6.12. The smallest absolute Gasteiger partial charge is 0.273 e. The number of likely N-dealkylation sites (N-methyl/N-ethyl adjacent to an activating group) is 1. The predicted octanol–water partition coefficient (Wildman–Crippen LogP) is 4.21. The molecule has 3 rings (SSSR count). The lowest BCUT2D eigenvalue weighted by molar-refractivity contribution is -0.114. The molecule has 0 aliphatic rings. The molecular weight excluding hydrogens is 378 g/mol. The van der Waals surface area contributed by atoms with E-state index in [-0.39, 0.29) is 11.6 Å². The van der Waals surface area contributed by atoms with Crippen LogP contribution < -0.4 is 15.0 Å². The highest BCUT2D eigenvalue weighted by Gasteiger charge is 2.18. The van der Waals surface area contributed by atoms with Gasteiger partial charge in [0.15, 0.2) is 5.71 Å². The van der Waals surface area contributed by atoms with E-state index in [0.717, 1.165) is 17.8 Å². The Hall–Kier alpha value is -3.80. The van der Waals surface area contributed by atoms with E-state index in [1.165, 1.54) is 7.11 Å². The van der Waals surface area contributed by atoms with Crippen molar-refractivity contribution >= 4 is 17.3 Å². The Balaban J connectivity index is 1.83. The Morgan fingerprint density at radius 3 is 2.47 bits per heavy atom. The zero-order valence-electron chi connectivity index (χ0n) is 17.3. The number of ether oxygens (including phenoxy) is 1. The second kappa shape index (κ2) is 10.1. The van der Waals surface area contributed by atoms with E-state index in [2.05, 4.69) is 40.6 Å². The van der Waals surface area contributed by atoms with Gasteiger partial charge in [-0.3, -0.25) is 4.79 Å². The summed E-state index contributed by atoms with van der Waals surface area (Å²) in [7, 11) is 5.00. The van der Waals surface area contributed by atoms with E-state index >= 15 is 0 Å². The van der Waals surface area contributed by atoms with E-state index in [1.807, 2.05) is 48.5 Å². The first kappa shape index (κ1) is 20.9. The molecule has 1 N–H and O–H groups in total. The van der Waals surface area contributed by atoms with Crippen molar-refractivity contribution in [3.8, 4) is 11.5 Å². The Morgan fingerprint density at radius 2 is 1.73 bits per heavy atom. The van der Waals surface area contributed by atoms with Gasteiger partial charge in [0.05, 0.1) is 5.56 Å². The number of para-hydroxylation sites is 2. The monoisotopic (exact) mass is 403 g/mol. The van der Waals surface area contributed by atoms with Crippen molar-refractivity contribution in [3.05, 3.63) is 90.0 Å². The standard InChI is InChI=1S/C24H25N3O3/c1-25-24(28)23(26-29-3)21-14-7-8-15-22(21)30-20-13-9-10-18(16-20)17-27(2)19-11-5-4-6-12-19/h4-16H,17H2,1-3H3,(H,25,28). The van der Waals surface area contributed by atoms with Gasteiger partial charge in [-0.15, -0.1) is 0 Å². The van der Waals surface area contributed by atoms with Crippen LogP contribution in [0.15, 0.2) is 84.0 Å². The molecule has 0 aliphatic carbocycles. The summed E-state index contributed by atoms with van der Waals surface area (Å²) in [5.41, 5.74) is 2.94. The van der Waals surface area contributed by atoms with Crippen molar-refractivity contribution in [2.24, 2.45) is 5.16 Å². The molecule has 0 bridgehead atoms. The molecule has 0 radical (unpaired) electrons. The third-order valence-corrected chi connectivity index (χ3v) is 4.51. The third kappa shape index (κ3) is 5.17. The van der Waals surface area contributed by atoms with Gasteiger partial charge < -0.3 is 19.8 Å². The van der Waals surface area contributed by atoms with Crippen LogP contribution in [0, 0.1) is 0 Å². The zero-order chi connectivity index (χ0) is 21.3. The van der Waals surface area contributed by atoms with Gasteiger partial charge in [-0.05, 0) is 42.0 Å². The Bertz CT molecular complexity index is 1020. The van der Waals surface area contributed by atoms with Crippen LogP contribution in [0.25, 0.3) is 0 Å². The van der Waals surface area contributed by atoms with E-state index in [4.69, 9.17) is 9.57 Å². The van der Waals surface area contributed by atoms with Crippen LogP contribution in [0.3, 0.4) is 0 Å². The lowest BCUT2D eigenvalue weighted by atomic mass is 10.1. The van der Waals surface area contributed by atoms with E-state index < -0.39 is 0 Å². The molecule has 0 atom stereocenters. The largest absolute Gasteiger partial charge is 0.457 e. The number of benzene rings is 3. The first-order valence-electron chi connectivity index (χ1n) is 9.58. The van der Waals surface area contributed by atoms with Crippen LogP contribution in [0.1, 0.15) is 11.1 Å². The number of anilines is 1. The molecule has 6 heteroatoms. The van der Waals surface area contributed by atoms with E-state index in [1.54, 1.807) is 19.2 Å². The molecule has 0 heterocycles. The van der Waals surface area contributed by atoms with Crippen molar-refractivity contribution in [1.82, 2.24) is 5.32 Å². The normalized spacial score (nSPS) is 11.0. The van der Waals surface area contributed by atoms with Gasteiger partial charge in [0.25, 0.3) is 5.91 Å². The number of rotatable bonds is 8. The molecule has 0 unspecified atom stereocenters. The molecule has 0 spiro atoms. The van der Waals surface area contributed by atoms with Crippen LogP contribution in [-0.4, -0.2) is 32.8 Å². The first-order valence-corrected chi connectivity index (χ1v) is 9.58. The molecule has 3 aromatic carbocycles. The highest BCUT2D eigenvalue weighted by Crippen LogP contribution is 2.27. The minimum Gasteiger partial charge on any atom is -0.457 e. The summed E-state index contributed by atoms with van der Waals surface area (Å²) >= 11 is 0. The molecule has 154 valence electrons. The Kier molecular flexibility index (Phi) is 7.05. The maximum atomic E-state index is 12.2. The SMILES string of the molecule is CNC(=O)C(=NOC)c1ccccc1Oc1cccc(CN(C)c2ccccc2)c1. The molecule has 3 aromatic rings. The van der Waals surface area contributed by atoms with Crippen LogP contribution >= 0.6 is 0 Å². The van der Waals surface area contributed by atoms with Crippen LogP contribution in [-0.2, 0) is 16.2 Å². The topological polar surface area (TPSA) is 63.2 Å². The number of carbonyl (C=O) groups is 1. The lowest BCUT2D eigenvalue weighted by Gasteiger charge is -2.20. The average molecular weight is 403 g/mol. The highest BCUT2D eigenvalue weighted by molar-refractivity contribution is 6.45. The van der Waals surface area contributed by atoms with Crippen LogP contribution in [0.4, 0.5) is 5.69 Å².